The zero-order valence-corrected chi connectivity index (χ0v) is 27.0. The molecule has 46 heavy (non-hydrogen) atoms. The van der Waals surface area contributed by atoms with Gasteiger partial charge < -0.3 is 36.6 Å². The number of nitrogens with one attached hydrogen (secondary N) is 3. The molecule has 0 aliphatic heterocycles. The number of anilines is 4. The minimum Gasteiger partial charge on any atom is -0.457 e. The lowest BCUT2D eigenvalue weighted by molar-refractivity contribution is -0.135. The molecule has 2 aromatic carbocycles. The summed E-state index contributed by atoms with van der Waals surface area (Å²) < 4.78 is 6.74. The van der Waals surface area contributed by atoms with Crippen LogP contribution in [0.5, 0.6) is 0 Å². The van der Waals surface area contributed by atoms with Crippen molar-refractivity contribution >= 4 is 63.6 Å². The molecule has 0 bridgehead atoms. The number of rotatable bonds is 10. The van der Waals surface area contributed by atoms with Crippen LogP contribution in [-0.2, 0) is 25.7 Å². The SMILES string of the molecule is C=CCOC(=O)C(C#N)=c1sc(=CNc2cccc(NC(=O)C(C)(C)O)c2)c(=O)n1CC.CC(C)(O)C(=O)Nc1cccc(N)c1. The molecule has 0 aliphatic rings. The topological polar surface area (TPSA) is 209 Å². The van der Waals surface area contributed by atoms with E-state index in [4.69, 9.17) is 10.5 Å². The molecule has 0 saturated heterocycles. The van der Waals surface area contributed by atoms with Crippen LogP contribution in [0.25, 0.3) is 11.8 Å². The molecule has 1 aromatic heterocycles. The molecule has 0 atom stereocenters. The van der Waals surface area contributed by atoms with Crippen LogP contribution in [0.2, 0.25) is 0 Å². The second kappa shape index (κ2) is 16.2. The fourth-order valence-corrected chi connectivity index (χ4v) is 4.48. The summed E-state index contributed by atoms with van der Waals surface area (Å²) in [6, 6.07) is 15.3. The number of esters is 1. The van der Waals surface area contributed by atoms with Gasteiger partial charge in [-0.25, -0.2) is 4.79 Å². The predicted octanol–water partition coefficient (Wildman–Crippen LogP) is 1.87. The molecule has 244 valence electrons. The average molecular weight is 651 g/mol. The molecule has 0 unspecified atom stereocenters. The van der Waals surface area contributed by atoms with Crippen molar-refractivity contribution in [3.05, 3.63) is 80.7 Å². The third-order valence-electron chi connectivity index (χ3n) is 5.83. The number of carbonyl (C=O) groups excluding carboxylic acids is 3. The van der Waals surface area contributed by atoms with Crippen molar-refractivity contribution in [3.8, 4) is 6.07 Å². The third kappa shape index (κ3) is 10.7. The van der Waals surface area contributed by atoms with E-state index >= 15 is 0 Å². The highest BCUT2D eigenvalue weighted by atomic mass is 32.1. The van der Waals surface area contributed by atoms with Crippen molar-refractivity contribution < 1.29 is 29.3 Å². The highest BCUT2D eigenvalue weighted by molar-refractivity contribution is 7.07. The Labute approximate surface area is 269 Å². The summed E-state index contributed by atoms with van der Waals surface area (Å²) in [5.74, 6) is -1.84. The van der Waals surface area contributed by atoms with E-state index in [1.807, 2.05) is 6.07 Å². The molecule has 3 aromatic rings. The number of benzene rings is 2. The first kappa shape index (κ1) is 37.0. The van der Waals surface area contributed by atoms with E-state index in [9.17, 15) is 34.7 Å². The molecular weight excluding hydrogens is 612 g/mol. The van der Waals surface area contributed by atoms with Crippen molar-refractivity contribution in [3.63, 3.8) is 0 Å². The Morgan fingerprint density at radius 3 is 2.07 bits per heavy atom. The summed E-state index contributed by atoms with van der Waals surface area (Å²) in [6.07, 6.45) is 2.85. The van der Waals surface area contributed by atoms with Gasteiger partial charge >= 0.3 is 5.97 Å². The Balaban J connectivity index is 0.000000438. The summed E-state index contributed by atoms with van der Waals surface area (Å²) in [6.45, 7) is 11.0. The van der Waals surface area contributed by atoms with Crippen LogP contribution in [0.4, 0.5) is 22.7 Å². The highest BCUT2D eigenvalue weighted by Crippen LogP contribution is 2.17. The van der Waals surface area contributed by atoms with E-state index < -0.39 is 29.0 Å². The number of thiazole rings is 1. The Bertz CT molecular complexity index is 1810. The molecule has 2 amide bonds. The largest absolute Gasteiger partial charge is 0.457 e. The molecular formula is C32H38N6O7S. The summed E-state index contributed by atoms with van der Waals surface area (Å²) >= 11 is 0.986. The fraction of sp³-hybridized carbons (Fsp3) is 0.281. The summed E-state index contributed by atoms with van der Waals surface area (Å²) in [4.78, 5) is 48.2. The Kier molecular flexibility index (Phi) is 13.0. The standard InChI is InChI=1S/C22H24N4O5S.C10H14N2O2/c1-5-10-31-20(28)16(12-23)19-26(6-2)18(27)17(32-19)13-24-14-8-7-9-15(11-14)25-21(29)22(3,4)30;1-10(2,14)9(13)12-8-5-3-4-7(11)6-8/h5,7-9,11,13,24,30H,1,6,10H2,2-4H3,(H,25,29);3-6,14H,11H2,1-2H3,(H,12,13). The summed E-state index contributed by atoms with van der Waals surface area (Å²) in [7, 11) is 0. The summed E-state index contributed by atoms with van der Waals surface area (Å²) in [5, 5.41) is 36.7. The first-order chi connectivity index (χ1) is 21.5. The number of carbonyl (C=O) groups is 3. The lowest BCUT2D eigenvalue weighted by atomic mass is 10.1. The van der Waals surface area contributed by atoms with Gasteiger partial charge in [0.1, 0.15) is 33.1 Å². The molecule has 0 radical (unpaired) electrons. The number of nitriles is 1. The molecule has 0 spiro atoms. The molecule has 0 fully saturated rings. The Hall–Kier alpha value is -5.23. The lowest BCUT2D eigenvalue weighted by Crippen LogP contribution is -2.36. The first-order valence-corrected chi connectivity index (χ1v) is 14.8. The van der Waals surface area contributed by atoms with Crippen molar-refractivity contribution in [1.29, 1.82) is 5.26 Å². The maximum Gasteiger partial charge on any atom is 0.352 e. The van der Waals surface area contributed by atoms with Crippen LogP contribution in [-0.4, -0.2) is 50.4 Å². The minimum absolute atomic E-state index is 0.0490. The van der Waals surface area contributed by atoms with Crippen LogP contribution in [0.3, 0.4) is 0 Å². The van der Waals surface area contributed by atoms with Crippen molar-refractivity contribution in [2.75, 3.05) is 28.3 Å². The van der Waals surface area contributed by atoms with Crippen molar-refractivity contribution in [2.24, 2.45) is 0 Å². The number of amides is 2. The van der Waals surface area contributed by atoms with Gasteiger partial charge in [0.15, 0.2) is 5.57 Å². The van der Waals surface area contributed by atoms with Crippen molar-refractivity contribution in [2.45, 2.75) is 52.4 Å². The number of nitrogens with two attached hydrogens (primary N) is 1. The van der Waals surface area contributed by atoms with Gasteiger partial charge in [0.05, 0.1) is 0 Å². The van der Waals surface area contributed by atoms with Gasteiger partial charge in [0.2, 0.25) is 0 Å². The van der Waals surface area contributed by atoms with Crippen LogP contribution in [0, 0.1) is 11.3 Å². The number of nitrogens with zero attached hydrogens (tertiary/aromatic N) is 2. The Morgan fingerprint density at radius 2 is 1.57 bits per heavy atom. The smallest absolute Gasteiger partial charge is 0.352 e. The number of nitrogen functional groups attached to an aromatic ring is 1. The van der Waals surface area contributed by atoms with Gasteiger partial charge in [-0.3, -0.25) is 19.0 Å². The molecule has 7 N–H and O–H groups in total. The lowest BCUT2D eigenvalue weighted by Gasteiger charge is -2.16. The number of ether oxygens (including phenoxy) is 1. The van der Waals surface area contributed by atoms with E-state index in [0.717, 1.165) is 11.3 Å². The summed E-state index contributed by atoms with van der Waals surface area (Å²) in [5.41, 5.74) is 4.17. The van der Waals surface area contributed by atoms with Crippen LogP contribution in [0.1, 0.15) is 34.6 Å². The zero-order valence-electron chi connectivity index (χ0n) is 26.2. The normalized spacial score (nSPS) is 12.1. The predicted molar refractivity (Wildman–Crippen MR) is 179 cm³/mol. The molecule has 1 heterocycles. The van der Waals surface area contributed by atoms with E-state index in [0.29, 0.717) is 22.7 Å². The second-order valence-corrected chi connectivity index (χ2v) is 11.7. The Morgan fingerprint density at radius 1 is 1.02 bits per heavy atom. The molecule has 3 rings (SSSR count). The van der Waals surface area contributed by atoms with Gasteiger partial charge in [0.25, 0.3) is 17.4 Å². The quantitative estimate of drug-likeness (QED) is 0.107. The van der Waals surface area contributed by atoms with Gasteiger partial charge in [-0.1, -0.05) is 24.8 Å². The molecule has 14 heteroatoms. The number of aliphatic hydroxyl groups is 2. The zero-order chi connectivity index (χ0) is 34.7. The van der Waals surface area contributed by atoms with Crippen LogP contribution in [0.15, 0.2) is 66.0 Å². The maximum absolute atomic E-state index is 12.7. The fourth-order valence-electron chi connectivity index (χ4n) is 3.40. The minimum atomic E-state index is -1.53. The van der Waals surface area contributed by atoms with E-state index in [-0.39, 0.29) is 33.5 Å². The third-order valence-corrected chi connectivity index (χ3v) is 6.96. The van der Waals surface area contributed by atoms with Crippen LogP contribution < -0.4 is 36.4 Å². The number of hydrogen-bond donors (Lipinski definition) is 6. The monoisotopic (exact) mass is 650 g/mol. The van der Waals surface area contributed by atoms with E-state index in [2.05, 4.69) is 22.5 Å². The number of hydrogen-bond acceptors (Lipinski definition) is 11. The molecule has 0 aliphatic carbocycles. The van der Waals surface area contributed by atoms with E-state index in [1.165, 1.54) is 44.5 Å². The number of aromatic nitrogens is 1. The van der Waals surface area contributed by atoms with Gasteiger partial charge in [-0.2, -0.15) is 5.26 Å². The highest BCUT2D eigenvalue weighted by Gasteiger charge is 2.24. The van der Waals surface area contributed by atoms with E-state index in [1.54, 1.807) is 55.5 Å². The van der Waals surface area contributed by atoms with Crippen LogP contribution >= 0.6 is 11.3 Å². The molecule has 13 nitrogen and oxygen atoms in total. The molecule has 0 saturated carbocycles. The second-order valence-electron chi connectivity index (χ2n) is 10.7. The van der Waals surface area contributed by atoms with Gasteiger partial charge in [-0.15, -0.1) is 11.3 Å². The van der Waals surface area contributed by atoms with Gasteiger partial charge in [0, 0.05) is 35.5 Å². The maximum atomic E-state index is 12.7. The van der Waals surface area contributed by atoms with Crippen molar-refractivity contribution in [1.82, 2.24) is 4.57 Å². The average Bonchev–Trinajstić information content (AvgIpc) is 3.29. The first-order valence-electron chi connectivity index (χ1n) is 13.9. The van der Waals surface area contributed by atoms with Gasteiger partial charge in [-0.05, 0) is 71.0 Å².